The van der Waals surface area contributed by atoms with E-state index in [2.05, 4.69) is 29.2 Å². The molecule has 0 bridgehead atoms. The van der Waals surface area contributed by atoms with Crippen molar-refractivity contribution in [3.8, 4) is 0 Å². The molecule has 220 valence electrons. The molecule has 4 aliphatic rings. The van der Waals surface area contributed by atoms with Gasteiger partial charge in [0, 0.05) is 22.7 Å². The number of halogens is 3. The van der Waals surface area contributed by atoms with E-state index in [1.807, 2.05) is 18.7 Å². The topological polar surface area (TPSA) is 104 Å². The van der Waals surface area contributed by atoms with Crippen LogP contribution in [-0.4, -0.2) is 75.8 Å². The normalized spacial score (nSPS) is 28.9. The SMILES string of the molecule is CCN1C(=O)[C@@H]2[C@@H](c3ccc(SC4CCCCC4)cc3)N3CCCC[C@@]3(C(=O)OC)[C@@H]2C1=O.O=C(O)C(F)(F)F. The largest absolute Gasteiger partial charge is 0.490 e. The van der Waals surface area contributed by atoms with Crippen LogP contribution >= 0.6 is 11.8 Å². The molecule has 3 heterocycles. The molecule has 0 aromatic heterocycles. The van der Waals surface area contributed by atoms with Crippen molar-refractivity contribution in [1.29, 1.82) is 0 Å². The van der Waals surface area contributed by atoms with E-state index in [4.69, 9.17) is 14.6 Å². The summed E-state index contributed by atoms with van der Waals surface area (Å²) in [6.45, 7) is 2.86. The lowest BCUT2D eigenvalue weighted by Gasteiger charge is -2.44. The maximum absolute atomic E-state index is 13.5. The van der Waals surface area contributed by atoms with Gasteiger partial charge in [0.1, 0.15) is 5.54 Å². The van der Waals surface area contributed by atoms with Crippen molar-refractivity contribution in [3.63, 3.8) is 0 Å². The van der Waals surface area contributed by atoms with Crippen LogP contribution in [-0.2, 0) is 23.9 Å². The lowest BCUT2D eigenvalue weighted by atomic mass is 9.75. The molecule has 0 spiro atoms. The number of amides is 2. The van der Waals surface area contributed by atoms with Crippen LogP contribution in [0.1, 0.15) is 69.9 Å². The van der Waals surface area contributed by atoms with E-state index >= 15 is 0 Å². The number of hydrogen-bond acceptors (Lipinski definition) is 7. The minimum atomic E-state index is -5.08. The Hall–Kier alpha value is -2.60. The number of benzene rings is 1. The lowest BCUT2D eigenvalue weighted by molar-refractivity contribution is -0.192. The zero-order chi connectivity index (χ0) is 29.2. The van der Waals surface area contributed by atoms with Gasteiger partial charge in [-0.1, -0.05) is 31.4 Å². The third kappa shape index (κ3) is 5.48. The van der Waals surface area contributed by atoms with Crippen molar-refractivity contribution >= 4 is 35.5 Å². The minimum absolute atomic E-state index is 0.143. The second-order valence-corrected chi connectivity index (χ2v) is 12.1. The van der Waals surface area contributed by atoms with Gasteiger partial charge in [-0.05, 0) is 63.3 Å². The van der Waals surface area contributed by atoms with E-state index in [0.717, 1.165) is 18.4 Å². The van der Waals surface area contributed by atoms with E-state index in [1.54, 1.807) is 0 Å². The molecule has 0 unspecified atom stereocenters. The van der Waals surface area contributed by atoms with E-state index < -0.39 is 29.5 Å². The molecule has 4 fully saturated rings. The van der Waals surface area contributed by atoms with Crippen molar-refractivity contribution in [2.24, 2.45) is 11.8 Å². The number of esters is 1. The van der Waals surface area contributed by atoms with Gasteiger partial charge in [0.2, 0.25) is 11.8 Å². The van der Waals surface area contributed by atoms with Crippen molar-refractivity contribution < 1.29 is 42.2 Å². The molecule has 0 radical (unpaired) electrons. The van der Waals surface area contributed by atoms with Crippen LogP contribution in [0.5, 0.6) is 0 Å². The predicted molar refractivity (Wildman–Crippen MR) is 140 cm³/mol. The Kier molecular flexibility index (Phi) is 9.18. The summed E-state index contributed by atoms with van der Waals surface area (Å²) < 4.78 is 37.0. The van der Waals surface area contributed by atoms with Gasteiger partial charge in [-0.2, -0.15) is 13.2 Å². The van der Waals surface area contributed by atoms with Crippen LogP contribution in [0.15, 0.2) is 29.2 Å². The molecule has 3 aliphatic heterocycles. The first-order chi connectivity index (χ1) is 19.0. The highest BCUT2D eigenvalue weighted by Gasteiger charge is 2.72. The van der Waals surface area contributed by atoms with Crippen molar-refractivity contribution in [3.05, 3.63) is 29.8 Å². The molecule has 12 heteroatoms. The van der Waals surface area contributed by atoms with Crippen molar-refractivity contribution in [1.82, 2.24) is 9.80 Å². The van der Waals surface area contributed by atoms with Crippen molar-refractivity contribution in [2.45, 2.75) is 86.2 Å². The van der Waals surface area contributed by atoms with E-state index in [9.17, 15) is 27.6 Å². The monoisotopic (exact) mass is 584 g/mol. The molecule has 1 aromatic rings. The molecule has 4 atom stereocenters. The fourth-order valence-corrected chi connectivity index (χ4v) is 8.09. The maximum Gasteiger partial charge on any atom is 0.490 e. The molecular weight excluding hydrogens is 549 g/mol. The summed E-state index contributed by atoms with van der Waals surface area (Å²) >= 11 is 1.95. The number of carbonyl (C=O) groups is 4. The van der Waals surface area contributed by atoms with Gasteiger partial charge in [-0.25, -0.2) is 4.79 Å². The Morgan fingerprint density at radius 2 is 1.68 bits per heavy atom. The number of ether oxygens (including phenoxy) is 1. The standard InChI is InChI=1S/C26H34N2O4S.C2HF3O2/c1-3-27-23(29)20-21(24(27)30)26(25(31)32-2)15-7-8-16-28(26)22(20)17-11-13-19(14-12-17)33-18-9-5-4-6-10-18;3-2(4,5)1(6)7/h11-14,18,20-22H,3-10,15-16H2,1-2H3;(H,6,7)/t20-,21-,22+,26-;/m0./s1. The number of carboxylic acid groups (broad SMARTS) is 1. The summed E-state index contributed by atoms with van der Waals surface area (Å²) in [5.41, 5.74) is -0.0288. The summed E-state index contributed by atoms with van der Waals surface area (Å²) in [5, 5.41) is 7.81. The summed E-state index contributed by atoms with van der Waals surface area (Å²) in [7, 11) is 1.39. The third-order valence-corrected chi connectivity index (χ3v) is 9.88. The molecule has 1 aromatic carbocycles. The molecule has 1 N–H and O–H groups in total. The first kappa shape index (κ1) is 30.4. The smallest absolute Gasteiger partial charge is 0.475 e. The maximum atomic E-state index is 13.5. The third-order valence-electron chi connectivity index (χ3n) is 8.53. The second kappa shape index (κ2) is 12.1. The number of hydrogen-bond donors (Lipinski definition) is 1. The molecule has 8 nitrogen and oxygen atoms in total. The number of likely N-dealkylation sites (tertiary alicyclic amines) is 1. The molecule has 1 aliphatic carbocycles. The predicted octanol–water partition coefficient (Wildman–Crippen LogP) is 4.82. The molecule has 2 amide bonds. The quantitative estimate of drug-likeness (QED) is 0.388. The number of thioether (sulfide) groups is 1. The summed E-state index contributed by atoms with van der Waals surface area (Å²) in [4.78, 5) is 53.8. The highest BCUT2D eigenvalue weighted by molar-refractivity contribution is 8.00. The number of alkyl halides is 3. The van der Waals surface area contributed by atoms with Gasteiger partial charge in [0.15, 0.2) is 0 Å². The summed E-state index contributed by atoms with van der Waals surface area (Å²) in [5.74, 6) is -4.69. The molecule has 40 heavy (non-hydrogen) atoms. The highest BCUT2D eigenvalue weighted by Crippen LogP contribution is 2.58. The molecule has 3 saturated heterocycles. The Labute approximate surface area is 235 Å². The number of imide groups is 1. The van der Waals surface area contributed by atoms with Gasteiger partial charge < -0.3 is 9.84 Å². The van der Waals surface area contributed by atoms with Crippen LogP contribution in [0.2, 0.25) is 0 Å². The summed E-state index contributed by atoms with van der Waals surface area (Å²) in [6, 6.07) is 8.26. The Morgan fingerprint density at radius 1 is 1.05 bits per heavy atom. The Bertz CT molecular complexity index is 1120. The fraction of sp³-hybridized carbons (Fsp3) is 0.643. The molecular formula is C28H35F3N2O6S. The van der Waals surface area contributed by atoms with Gasteiger partial charge in [0.25, 0.3) is 0 Å². The van der Waals surface area contributed by atoms with Crippen LogP contribution < -0.4 is 0 Å². The van der Waals surface area contributed by atoms with Crippen LogP contribution in [0.3, 0.4) is 0 Å². The number of carboxylic acids is 1. The van der Waals surface area contributed by atoms with E-state index in [1.165, 1.54) is 49.0 Å². The van der Waals surface area contributed by atoms with Crippen LogP contribution in [0.25, 0.3) is 0 Å². The number of rotatable bonds is 5. The van der Waals surface area contributed by atoms with Gasteiger partial charge in [-0.15, -0.1) is 11.8 Å². The molecule has 5 rings (SSSR count). The fourth-order valence-electron chi connectivity index (χ4n) is 6.85. The number of aliphatic carboxylic acids is 1. The highest BCUT2D eigenvalue weighted by atomic mass is 32.2. The zero-order valence-electron chi connectivity index (χ0n) is 22.6. The summed E-state index contributed by atoms with van der Waals surface area (Å²) in [6.07, 6.45) is 3.81. The lowest BCUT2D eigenvalue weighted by Crippen LogP contribution is -2.59. The number of methoxy groups -OCH3 is 1. The minimum Gasteiger partial charge on any atom is -0.475 e. The van der Waals surface area contributed by atoms with E-state index in [-0.39, 0.29) is 23.8 Å². The zero-order valence-corrected chi connectivity index (χ0v) is 23.4. The average Bonchev–Trinajstić information content (AvgIpc) is 3.39. The second-order valence-electron chi connectivity index (χ2n) is 10.7. The number of fused-ring (bicyclic) bond motifs is 3. The Balaban J connectivity index is 0.000000470. The average molecular weight is 585 g/mol. The Morgan fingerprint density at radius 3 is 2.23 bits per heavy atom. The number of carbonyl (C=O) groups excluding carboxylic acids is 3. The van der Waals surface area contributed by atoms with E-state index in [0.29, 0.717) is 24.8 Å². The van der Waals surface area contributed by atoms with Gasteiger partial charge >= 0.3 is 18.1 Å². The van der Waals surface area contributed by atoms with Gasteiger partial charge in [-0.3, -0.25) is 24.2 Å². The van der Waals surface area contributed by atoms with Gasteiger partial charge in [0.05, 0.1) is 18.9 Å². The first-order valence-electron chi connectivity index (χ1n) is 13.7. The number of nitrogens with zero attached hydrogens (tertiary/aromatic N) is 2. The van der Waals surface area contributed by atoms with Crippen molar-refractivity contribution in [2.75, 3.05) is 20.2 Å². The first-order valence-corrected chi connectivity index (χ1v) is 14.6. The molecule has 1 saturated carbocycles. The van der Waals surface area contributed by atoms with Crippen LogP contribution in [0, 0.1) is 11.8 Å². The number of piperidine rings is 1. The van der Waals surface area contributed by atoms with Crippen LogP contribution in [0.4, 0.5) is 13.2 Å².